The van der Waals surface area contributed by atoms with Gasteiger partial charge < -0.3 is 89.9 Å². The van der Waals surface area contributed by atoms with Crippen LogP contribution in [0.2, 0.25) is 0 Å². The minimum Gasteiger partial charge on any atom is -0.394 e. The quantitative estimate of drug-likeness (QED) is 0.0199. The van der Waals surface area contributed by atoms with Crippen molar-refractivity contribution >= 4 is 5.91 Å². The standard InChI is InChI=1S/C74H131NO18/c1-3-5-7-9-11-13-15-17-19-21-23-24-25-26-27-28-29-30-31-32-34-35-37-39-41-43-45-47-49-51-58(79)57(75-62(80)52-50-48-46-44-42-40-38-36-33-22-20-18-16-14-12-10-8-6-4-2)56-88-72-68(86)65(83)70(60(54-77)90-72)93-74-69(87)66(84)71(61(55-78)91-74)92-73-67(85)64(82)63(81)59(53-76)89-73/h12,14,18,20,33-36,41,43,49,51,57-61,63-74,76-79,81-87H,3-11,13,15-17,19,21-32,37-40,42,44-48,50,52-56H2,1-2H3,(H,75,80)/b14-12-,20-18-,35-34+,36-33-,43-41+,51-49+. The summed E-state index contributed by atoms with van der Waals surface area (Å²) in [4.78, 5) is 13.4. The third-order valence-electron chi connectivity index (χ3n) is 18.0. The van der Waals surface area contributed by atoms with Gasteiger partial charge in [0.25, 0.3) is 0 Å². The molecule has 17 unspecified atom stereocenters. The van der Waals surface area contributed by atoms with Crippen LogP contribution in [0.15, 0.2) is 72.9 Å². The highest BCUT2D eigenvalue weighted by atomic mass is 16.8. The van der Waals surface area contributed by atoms with Crippen molar-refractivity contribution in [3.05, 3.63) is 72.9 Å². The van der Waals surface area contributed by atoms with Gasteiger partial charge in [-0.25, -0.2) is 0 Å². The number of carbonyl (C=O) groups excluding carboxylic acids is 1. The summed E-state index contributed by atoms with van der Waals surface area (Å²) in [5.74, 6) is -0.303. The first-order valence-corrected chi connectivity index (χ1v) is 36.7. The van der Waals surface area contributed by atoms with Crippen molar-refractivity contribution in [1.82, 2.24) is 5.32 Å². The first-order valence-electron chi connectivity index (χ1n) is 36.7. The Labute approximate surface area is 559 Å². The molecule has 0 bridgehead atoms. The number of hydrogen-bond acceptors (Lipinski definition) is 18. The van der Waals surface area contributed by atoms with Crippen LogP contribution in [0, 0.1) is 0 Å². The molecule has 540 valence electrons. The highest BCUT2D eigenvalue weighted by Gasteiger charge is 2.53. The van der Waals surface area contributed by atoms with Gasteiger partial charge in [0.05, 0.1) is 38.6 Å². The molecule has 19 heteroatoms. The van der Waals surface area contributed by atoms with E-state index in [1.807, 2.05) is 6.08 Å². The molecule has 17 atom stereocenters. The first-order chi connectivity index (χ1) is 45.3. The van der Waals surface area contributed by atoms with E-state index in [0.717, 1.165) is 83.5 Å². The second-order valence-corrected chi connectivity index (χ2v) is 26.0. The second-order valence-electron chi connectivity index (χ2n) is 26.0. The first kappa shape index (κ1) is 84.5. The van der Waals surface area contributed by atoms with E-state index >= 15 is 0 Å². The highest BCUT2D eigenvalue weighted by molar-refractivity contribution is 5.76. The predicted molar refractivity (Wildman–Crippen MR) is 365 cm³/mol. The number of unbranched alkanes of at least 4 members (excludes halogenated alkanes) is 30. The summed E-state index contributed by atoms with van der Waals surface area (Å²) in [6, 6.07) is -1.01. The summed E-state index contributed by atoms with van der Waals surface area (Å²) in [5, 5.41) is 121. The van der Waals surface area contributed by atoms with Crippen molar-refractivity contribution in [3.8, 4) is 0 Å². The Hall–Kier alpha value is -2.77. The molecule has 3 aliphatic heterocycles. The van der Waals surface area contributed by atoms with Gasteiger partial charge in [0.15, 0.2) is 18.9 Å². The summed E-state index contributed by atoms with van der Waals surface area (Å²) < 4.78 is 34.3. The Bertz CT molecular complexity index is 1970. The van der Waals surface area contributed by atoms with Crippen LogP contribution in [0.4, 0.5) is 0 Å². The molecule has 3 heterocycles. The molecule has 19 nitrogen and oxygen atoms in total. The average molecular weight is 1320 g/mol. The maximum Gasteiger partial charge on any atom is 0.220 e. The lowest BCUT2D eigenvalue weighted by Gasteiger charge is -2.48. The molecule has 0 aliphatic carbocycles. The molecule has 93 heavy (non-hydrogen) atoms. The Morgan fingerprint density at radius 1 is 0.387 bits per heavy atom. The van der Waals surface area contributed by atoms with Gasteiger partial charge in [-0.2, -0.15) is 0 Å². The molecule has 12 N–H and O–H groups in total. The Kier molecular flexibility index (Phi) is 50.1. The zero-order valence-electron chi connectivity index (χ0n) is 57.2. The number of ether oxygens (including phenoxy) is 6. The lowest BCUT2D eigenvalue weighted by Crippen LogP contribution is -2.66. The van der Waals surface area contributed by atoms with E-state index in [2.05, 4.69) is 79.9 Å². The monoisotopic (exact) mass is 1320 g/mol. The van der Waals surface area contributed by atoms with E-state index in [-0.39, 0.29) is 18.9 Å². The van der Waals surface area contributed by atoms with Crippen LogP contribution >= 0.6 is 0 Å². The van der Waals surface area contributed by atoms with Gasteiger partial charge in [0.2, 0.25) is 5.91 Å². The number of hydrogen-bond donors (Lipinski definition) is 12. The number of nitrogens with one attached hydrogen (secondary N) is 1. The SMILES string of the molecule is CCCCC/C=C\C/C=C\C/C=C\CCCCCCCCC(=O)NC(COC1OC(CO)C(OC2OC(CO)C(OC3OC(CO)C(O)C(O)C3O)C(O)C2O)C(O)C1O)C(O)/C=C/CC/C=C/CC/C=C/CCCCCCCCCCCCCCCCCCCCC. The fourth-order valence-electron chi connectivity index (χ4n) is 12.0. The van der Waals surface area contributed by atoms with E-state index in [1.54, 1.807) is 6.08 Å². The van der Waals surface area contributed by atoms with Gasteiger partial charge in [-0.1, -0.05) is 241 Å². The van der Waals surface area contributed by atoms with Gasteiger partial charge >= 0.3 is 0 Å². The second kappa shape index (κ2) is 55.1. The van der Waals surface area contributed by atoms with E-state index in [1.165, 1.54) is 141 Å². The topological polar surface area (TPSA) is 307 Å². The van der Waals surface area contributed by atoms with Crippen molar-refractivity contribution in [2.24, 2.45) is 0 Å². The van der Waals surface area contributed by atoms with E-state index in [4.69, 9.17) is 28.4 Å². The Balaban J connectivity index is 1.44. The molecule has 0 aromatic rings. The number of aliphatic hydroxyl groups is 11. The molecule has 3 aliphatic rings. The predicted octanol–water partition coefficient (Wildman–Crippen LogP) is 10.5. The lowest BCUT2D eigenvalue weighted by molar-refractivity contribution is -0.379. The molecular weight excluding hydrogens is 1190 g/mol. The van der Waals surface area contributed by atoms with Crippen molar-refractivity contribution in [1.29, 1.82) is 0 Å². The molecule has 0 spiro atoms. The van der Waals surface area contributed by atoms with Crippen molar-refractivity contribution in [2.45, 2.75) is 362 Å². The molecule has 0 aromatic carbocycles. The molecule has 3 saturated heterocycles. The average Bonchev–Trinajstić information content (AvgIpc) is 0.985. The smallest absolute Gasteiger partial charge is 0.220 e. The number of carbonyl (C=O) groups is 1. The van der Waals surface area contributed by atoms with Crippen LogP contribution in [-0.2, 0) is 33.2 Å². The van der Waals surface area contributed by atoms with Crippen LogP contribution in [0.5, 0.6) is 0 Å². The van der Waals surface area contributed by atoms with Gasteiger partial charge in [-0.3, -0.25) is 4.79 Å². The highest BCUT2D eigenvalue weighted by Crippen LogP contribution is 2.33. The minimum absolute atomic E-state index is 0.214. The zero-order valence-corrected chi connectivity index (χ0v) is 57.2. The van der Waals surface area contributed by atoms with E-state index in [0.29, 0.717) is 12.8 Å². The summed E-state index contributed by atoms with van der Waals surface area (Å²) >= 11 is 0. The van der Waals surface area contributed by atoms with Crippen molar-refractivity contribution in [3.63, 3.8) is 0 Å². The van der Waals surface area contributed by atoms with Crippen LogP contribution in [0.1, 0.15) is 258 Å². The molecule has 0 saturated carbocycles. The van der Waals surface area contributed by atoms with Crippen LogP contribution in [-0.4, -0.2) is 193 Å². The van der Waals surface area contributed by atoms with Crippen LogP contribution in [0.3, 0.4) is 0 Å². The molecule has 0 aromatic heterocycles. The number of allylic oxidation sites excluding steroid dienone is 11. The van der Waals surface area contributed by atoms with Crippen LogP contribution in [0.25, 0.3) is 0 Å². The van der Waals surface area contributed by atoms with E-state index in [9.17, 15) is 61.0 Å². The number of aliphatic hydroxyl groups excluding tert-OH is 11. The maximum atomic E-state index is 13.4. The Morgan fingerprint density at radius 3 is 1.17 bits per heavy atom. The molecule has 3 fully saturated rings. The summed E-state index contributed by atoms with van der Waals surface area (Å²) in [6.07, 6.45) is 43.2. The minimum atomic E-state index is -1.99. The molecule has 1 amide bonds. The van der Waals surface area contributed by atoms with Gasteiger partial charge in [-0.05, 0) is 83.5 Å². The largest absolute Gasteiger partial charge is 0.394 e. The molecule has 3 rings (SSSR count). The third-order valence-corrected chi connectivity index (χ3v) is 18.0. The van der Waals surface area contributed by atoms with Crippen molar-refractivity contribution < 1.29 is 89.4 Å². The number of amides is 1. The summed E-state index contributed by atoms with van der Waals surface area (Å²) in [7, 11) is 0. The van der Waals surface area contributed by atoms with Crippen LogP contribution < -0.4 is 5.32 Å². The van der Waals surface area contributed by atoms with Crippen molar-refractivity contribution in [2.75, 3.05) is 26.4 Å². The zero-order chi connectivity index (χ0) is 67.5. The fourth-order valence-corrected chi connectivity index (χ4v) is 12.0. The van der Waals surface area contributed by atoms with Gasteiger partial charge in [-0.15, -0.1) is 0 Å². The van der Waals surface area contributed by atoms with Gasteiger partial charge in [0.1, 0.15) is 73.2 Å². The fraction of sp³-hybridized carbons (Fsp3) is 0.824. The molecule has 0 radical (unpaired) electrons. The maximum absolute atomic E-state index is 13.4. The third kappa shape index (κ3) is 36.6. The Morgan fingerprint density at radius 2 is 0.720 bits per heavy atom. The lowest BCUT2D eigenvalue weighted by atomic mass is 9.96. The molecular formula is C74H131NO18. The summed E-state index contributed by atoms with van der Waals surface area (Å²) in [6.45, 7) is 1.68. The normalized spacial score (nSPS) is 27.9. The summed E-state index contributed by atoms with van der Waals surface area (Å²) in [5.41, 5.74) is 0. The number of rotatable bonds is 56. The van der Waals surface area contributed by atoms with E-state index < -0.39 is 124 Å². The van der Waals surface area contributed by atoms with Gasteiger partial charge in [0, 0.05) is 6.42 Å².